The Kier molecular flexibility index (Phi) is 5.69. The molecule has 0 saturated carbocycles. The number of alkyl halides is 3. The summed E-state index contributed by atoms with van der Waals surface area (Å²) in [4.78, 5) is 10.8. The highest BCUT2D eigenvalue weighted by Crippen LogP contribution is 2.37. The largest absolute Gasteiger partial charge is 0.417 e. The second-order valence-electron chi connectivity index (χ2n) is 4.48. The average molecular weight is 359 g/mol. The Morgan fingerprint density at radius 2 is 1.95 bits per heavy atom. The Bertz CT molecular complexity index is 662. The zero-order valence-corrected chi connectivity index (χ0v) is 13.3. The van der Waals surface area contributed by atoms with Crippen molar-refractivity contribution in [2.24, 2.45) is 0 Å². The van der Waals surface area contributed by atoms with Crippen LogP contribution in [0.25, 0.3) is 0 Å². The van der Waals surface area contributed by atoms with E-state index in [1.807, 2.05) is 0 Å². The molecule has 0 aliphatic rings. The molecular weight excluding hydrogens is 345 g/mol. The fraction of sp³-hybridized carbons (Fsp3) is 0.417. The average Bonchev–Trinajstić information content (AvgIpc) is 2.32. The molecule has 124 valence electrons. The molecule has 1 N–H and O–H groups in total. The van der Waals surface area contributed by atoms with E-state index < -0.39 is 26.8 Å². The topological polar surface area (TPSA) is 66.5 Å². The molecule has 1 rings (SSSR count). The van der Waals surface area contributed by atoms with Gasteiger partial charge in [0.2, 0.25) is 15.9 Å². The third-order valence-electron chi connectivity index (χ3n) is 2.63. The molecule has 0 fully saturated rings. The van der Waals surface area contributed by atoms with Crippen LogP contribution in [0, 0.1) is 0 Å². The number of hydrogen-bond acceptors (Lipinski definition) is 3. The molecule has 0 aliphatic heterocycles. The van der Waals surface area contributed by atoms with E-state index in [2.05, 4.69) is 5.32 Å². The molecule has 1 aromatic carbocycles. The van der Waals surface area contributed by atoms with Gasteiger partial charge in [0.15, 0.2) is 0 Å². The first kappa shape index (κ1) is 18.6. The molecule has 0 unspecified atom stereocenters. The number of amides is 1. The third kappa shape index (κ3) is 5.06. The van der Waals surface area contributed by atoms with Crippen molar-refractivity contribution < 1.29 is 26.4 Å². The van der Waals surface area contributed by atoms with E-state index in [1.54, 1.807) is 0 Å². The maximum Gasteiger partial charge on any atom is 0.417 e. The molecule has 1 aromatic rings. The molecule has 0 spiro atoms. The minimum atomic E-state index is -4.70. The summed E-state index contributed by atoms with van der Waals surface area (Å²) in [5.74, 6) is -0.375. The SMILES string of the molecule is CC(=O)NCCN(c1ccc(Cl)c(C(F)(F)F)c1)S(C)(=O)=O. The zero-order valence-electron chi connectivity index (χ0n) is 11.7. The maximum absolute atomic E-state index is 12.8. The summed E-state index contributed by atoms with van der Waals surface area (Å²) < 4.78 is 62.8. The number of nitrogens with zero attached hydrogens (tertiary/aromatic N) is 1. The van der Waals surface area contributed by atoms with Gasteiger partial charge in [-0.2, -0.15) is 13.2 Å². The fourth-order valence-corrected chi connectivity index (χ4v) is 2.85. The van der Waals surface area contributed by atoms with Crippen LogP contribution in [0.1, 0.15) is 12.5 Å². The van der Waals surface area contributed by atoms with Crippen molar-refractivity contribution in [3.8, 4) is 0 Å². The first-order valence-electron chi connectivity index (χ1n) is 6.02. The Balaban J connectivity index is 3.18. The second kappa shape index (κ2) is 6.74. The monoisotopic (exact) mass is 358 g/mol. The van der Waals surface area contributed by atoms with Gasteiger partial charge in [0.1, 0.15) is 0 Å². The van der Waals surface area contributed by atoms with Crippen LogP contribution in [-0.2, 0) is 21.0 Å². The molecule has 0 aromatic heterocycles. The summed E-state index contributed by atoms with van der Waals surface area (Å²) in [5.41, 5.74) is -1.30. The van der Waals surface area contributed by atoms with E-state index in [0.717, 1.165) is 16.6 Å². The highest BCUT2D eigenvalue weighted by atomic mass is 35.5. The van der Waals surface area contributed by atoms with E-state index in [0.29, 0.717) is 6.07 Å². The van der Waals surface area contributed by atoms with Gasteiger partial charge in [-0.15, -0.1) is 0 Å². The molecule has 5 nitrogen and oxygen atoms in total. The van der Waals surface area contributed by atoms with Crippen molar-refractivity contribution in [1.82, 2.24) is 5.32 Å². The van der Waals surface area contributed by atoms with Gasteiger partial charge in [-0.05, 0) is 18.2 Å². The van der Waals surface area contributed by atoms with Crippen LogP contribution in [0.5, 0.6) is 0 Å². The number of hydrogen-bond donors (Lipinski definition) is 1. The summed E-state index contributed by atoms with van der Waals surface area (Å²) >= 11 is 5.50. The second-order valence-corrected chi connectivity index (χ2v) is 6.79. The molecule has 0 radical (unpaired) electrons. The van der Waals surface area contributed by atoms with E-state index in [-0.39, 0.29) is 24.7 Å². The lowest BCUT2D eigenvalue weighted by atomic mass is 10.2. The third-order valence-corrected chi connectivity index (χ3v) is 4.16. The number of halogens is 4. The summed E-state index contributed by atoms with van der Waals surface area (Å²) in [7, 11) is -3.82. The minimum absolute atomic E-state index is 0.0353. The Labute approximate surface area is 131 Å². The summed E-state index contributed by atoms with van der Waals surface area (Å²) in [6, 6.07) is 2.82. The van der Waals surface area contributed by atoms with Gasteiger partial charge in [-0.25, -0.2) is 8.42 Å². The van der Waals surface area contributed by atoms with Crippen LogP contribution in [0.4, 0.5) is 18.9 Å². The highest BCUT2D eigenvalue weighted by Gasteiger charge is 2.34. The highest BCUT2D eigenvalue weighted by molar-refractivity contribution is 7.92. The van der Waals surface area contributed by atoms with Gasteiger partial charge < -0.3 is 5.32 Å². The number of carbonyl (C=O) groups excluding carboxylic acids is 1. The van der Waals surface area contributed by atoms with Crippen molar-refractivity contribution >= 4 is 33.2 Å². The van der Waals surface area contributed by atoms with Gasteiger partial charge in [-0.1, -0.05) is 11.6 Å². The molecule has 0 heterocycles. The normalized spacial score (nSPS) is 12.1. The summed E-state index contributed by atoms with van der Waals surface area (Å²) in [6.45, 7) is 1.01. The maximum atomic E-state index is 12.8. The zero-order chi connectivity index (χ0) is 17.1. The quantitative estimate of drug-likeness (QED) is 0.878. The summed E-state index contributed by atoms with van der Waals surface area (Å²) in [6.07, 6.45) is -3.84. The van der Waals surface area contributed by atoms with Crippen LogP contribution in [0.3, 0.4) is 0 Å². The molecule has 1 amide bonds. The van der Waals surface area contributed by atoms with Crippen molar-refractivity contribution in [1.29, 1.82) is 0 Å². The van der Waals surface area contributed by atoms with E-state index >= 15 is 0 Å². The predicted molar refractivity (Wildman–Crippen MR) is 77.3 cm³/mol. The van der Waals surface area contributed by atoms with Crippen LogP contribution in [-0.4, -0.2) is 33.7 Å². The van der Waals surface area contributed by atoms with Gasteiger partial charge in [0, 0.05) is 13.5 Å². The van der Waals surface area contributed by atoms with Gasteiger partial charge in [0.25, 0.3) is 0 Å². The molecule has 10 heteroatoms. The predicted octanol–water partition coefficient (Wildman–Crippen LogP) is 2.26. The lowest BCUT2D eigenvalue weighted by Gasteiger charge is -2.23. The Hall–Kier alpha value is -1.48. The number of carbonyl (C=O) groups is 1. The van der Waals surface area contributed by atoms with Gasteiger partial charge in [-0.3, -0.25) is 9.10 Å². The van der Waals surface area contributed by atoms with Crippen molar-refractivity contribution in [2.45, 2.75) is 13.1 Å². The lowest BCUT2D eigenvalue weighted by Crippen LogP contribution is -2.37. The van der Waals surface area contributed by atoms with Crippen molar-refractivity contribution in [3.63, 3.8) is 0 Å². The van der Waals surface area contributed by atoms with Crippen LogP contribution >= 0.6 is 11.6 Å². The minimum Gasteiger partial charge on any atom is -0.355 e. The van der Waals surface area contributed by atoms with Gasteiger partial charge in [0.05, 0.1) is 29.1 Å². The molecule has 0 bridgehead atoms. The first-order chi connectivity index (χ1) is 9.93. The summed E-state index contributed by atoms with van der Waals surface area (Å²) in [5, 5.41) is 1.86. The number of benzene rings is 1. The van der Waals surface area contributed by atoms with Gasteiger partial charge >= 0.3 is 6.18 Å². The smallest absolute Gasteiger partial charge is 0.355 e. The van der Waals surface area contributed by atoms with Crippen molar-refractivity contribution in [3.05, 3.63) is 28.8 Å². The number of nitrogens with one attached hydrogen (secondary N) is 1. The van der Waals surface area contributed by atoms with Crippen LogP contribution in [0.2, 0.25) is 5.02 Å². The first-order valence-corrected chi connectivity index (χ1v) is 8.24. The fourth-order valence-electron chi connectivity index (χ4n) is 1.71. The number of sulfonamides is 1. The number of rotatable bonds is 5. The van der Waals surface area contributed by atoms with Crippen LogP contribution in [0.15, 0.2) is 18.2 Å². The van der Waals surface area contributed by atoms with E-state index in [1.165, 1.54) is 13.0 Å². The lowest BCUT2D eigenvalue weighted by molar-refractivity contribution is -0.137. The standard InChI is InChI=1S/C12H14ClF3N2O3S/c1-8(19)17-5-6-18(22(2,20)21)9-3-4-11(13)10(7-9)12(14,15)16/h3-4,7H,5-6H2,1-2H3,(H,17,19). The Morgan fingerprint density at radius 1 is 1.36 bits per heavy atom. The van der Waals surface area contributed by atoms with Crippen molar-refractivity contribution in [2.75, 3.05) is 23.7 Å². The number of anilines is 1. The molecule has 22 heavy (non-hydrogen) atoms. The Morgan fingerprint density at radius 3 is 2.41 bits per heavy atom. The molecule has 0 aliphatic carbocycles. The van der Waals surface area contributed by atoms with Crippen LogP contribution < -0.4 is 9.62 Å². The molecular formula is C12H14ClF3N2O3S. The molecule has 0 atom stereocenters. The van der Waals surface area contributed by atoms with E-state index in [4.69, 9.17) is 11.6 Å². The van der Waals surface area contributed by atoms with E-state index in [9.17, 15) is 26.4 Å². The molecule has 0 saturated heterocycles.